The largest absolute Gasteiger partial charge is 0.492 e. The third-order valence-corrected chi connectivity index (χ3v) is 5.34. The van der Waals surface area contributed by atoms with E-state index in [2.05, 4.69) is 28.7 Å². The van der Waals surface area contributed by atoms with Crippen LogP contribution in [0.15, 0.2) is 29.4 Å². The Kier molecular flexibility index (Phi) is 7.57. The lowest BCUT2D eigenvalue weighted by atomic mass is 10.3. The van der Waals surface area contributed by atoms with Gasteiger partial charge in [-0.15, -0.1) is 0 Å². The summed E-state index contributed by atoms with van der Waals surface area (Å²) in [4.78, 5) is 17.3. The number of anilines is 1. The van der Waals surface area contributed by atoms with Crippen molar-refractivity contribution in [3.63, 3.8) is 0 Å². The second-order valence-electron chi connectivity index (χ2n) is 6.25. The molecule has 1 aromatic heterocycles. The minimum Gasteiger partial charge on any atom is -0.492 e. The molecule has 0 aliphatic heterocycles. The SMILES string of the molecule is CCCCn1c(SC(C)C(=O)Nc2ccccc2OCC)nc(C)c1C. The van der Waals surface area contributed by atoms with E-state index in [1.165, 1.54) is 17.5 Å². The molecule has 2 rings (SSSR count). The number of aryl methyl sites for hydroxylation is 1. The third kappa shape index (κ3) is 5.04. The summed E-state index contributed by atoms with van der Waals surface area (Å²) in [6, 6.07) is 7.51. The van der Waals surface area contributed by atoms with E-state index in [9.17, 15) is 4.79 Å². The van der Waals surface area contributed by atoms with Gasteiger partial charge in [0.05, 0.1) is 23.2 Å². The Labute approximate surface area is 160 Å². The number of hydrogen-bond acceptors (Lipinski definition) is 4. The molecule has 5 nitrogen and oxygen atoms in total. The van der Waals surface area contributed by atoms with Gasteiger partial charge in [0.2, 0.25) is 5.91 Å². The number of nitrogens with zero attached hydrogens (tertiary/aromatic N) is 2. The average molecular weight is 376 g/mol. The highest BCUT2D eigenvalue weighted by molar-refractivity contribution is 8.00. The Bertz CT molecular complexity index is 743. The maximum absolute atomic E-state index is 12.7. The Morgan fingerprint density at radius 2 is 2.04 bits per heavy atom. The van der Waals surface area contributed by atoms with Gasteiger partial charge in [0.15, 0.2) is 5.16 Å². The first-order valence-corrected chi connectivity index (χ1v) is 10.1. The van der Waals surface area contributed by atoms with Crippen molar-refractivity contribution in [3.8, 4) is 5.75 Å². The molecular weight excluding hydrogens is 346 g/mol. The van der Waals surface area contributed by atoms with Crippen LogP contribution < -0.4 is 10.1 Å². The summed E-state index contributed by atoms with van der Waals surface area (Å²) < 4.78 is 7.80. The van der Waals surface area contributed by atoms with Crippen LogP contribution in [0.5, 0.6) is 5.75 Å². The van der Waals surface area contributed by atoms with E-state index in [0.29, 0.717) is 18.0 Å². The number of aromatic nitrogens is 2. The number of benzene rings is 1. The van der Waals surface area contributed by atoms with Crippen LogP contribution in [-0.4, -0.2) is 27.3 Å². The van der Waals surface area contributed by atoms with Crippen LogP contribution >= 0.6 is 11.8 Å². The van der Waals surface area contributed by atoms with Crippen LogP contribution in [0.4, 0.5) is 5.69 Å². The van der Waals surface area contributed by atoms with E-state index in [4.69, 9.17) is 4.74 Å². The number of unbranched alkanes of at least 4 members (excludes halogenated alkanes) is 1. The van der Waals surface area contributed by atoms with Gasteiger partial charge in [0.1, 0.15) is 5.75 Å². The van der Waals surface area contributed by atoms with Crippen molar-refractivity contribution in [2.24, 2.45) is 0 Å². The molecule has 142 valence electrons. The zero-order valence-electron chi connectivity index (χ0n) is 16.3. The standard InChI is InChI=1S/C20H29N3O2S/c1-6-8-13-23-15(4)14(3)21-20(23)26-16(5)19(24)22-17-11-9-10-12-18(17)25-7-2/h9-12,16H,6-8,13H2,1-5H3,(H,22,24). The molecule has 1 amide bonds. The normalized spacial score (nSPS) is 12.0. The van der Waals surface area contributed by atoms with Crippen molar-refractivity contribution < 1.29 is 9.53 Å². The number of carbonyl (C=O) groups excluding carboxylic acids is 1. The summed E-state index contributed by atoms with van der Waals surface area (Å²) in [5, 5.41) is 3.63. The summed E-state index contributed by atoms with van der Waals surface area (Å²) in [6.07, 6.45) is 2.23. The summed E-state index contributed by atoms with van der Waals surface area (Å²) in [5.41, 5.74) is 2.90. The van der Waals surface area contributed by atoms with Gasteiger partial charge in [-0.05, 0) is 46.2 Å². The summed E-state index contributed by atoms with van der Waals surface area (Å²) >= 11 is 1.50. The predicted octanol–water partition coefficient (Wildman–Crippen LogP) is 4.82. The van der Waals surface area contributed by atoms with Gasteiger partial charge in [-0.2, -0.15) is 0 Å². The fraction of sp³-hybridized carbons (Fsp3) is 0.500. The first-order chi connectivity index (χ1) is 12.5. The summed E-state index contributed by atoms with van der Waals surface area (Å²) in [5.74, 6) is 0.638. The lowest BCUT2D eigenvalue weighted by Gasteiger charge is -2.15. The van der Waals surface area contributed by atoms with Gasteiger partial charge in [-0.1, -0.05) is 37.2 Å². The van der Waals surface area contributed by atoms with E-state index in [1.54, 1.807) is 0 Å². The molecule has 1 aromatic carbocycles. The van der Waals surface area contributed by atoms with Crippen LogP contribution in [0.2, 0.25) is 0 Å². The molecule has 1 heterocycles. The molecule has 1 N–H and O–H groups in total. The topological polar surface area (TPSA) is 56.2 Å². The molecule has 0 fully saturated rings. The van der Waals surface area contributed by atoms with E-state index in [-0.39, 0.29) is 11.2 Å². The number of thioether (sulfide) groups is 1. The van der Waals surface area contributed by atoms with Crippen LogP contribution in [0, 0.1) is 13.8 Å². The van der Waals surface area contributed by atoms with Gasteiger partial charge in [0, 0.05) is 12.2 Å². The molecule has 1 unspecified atom stereocenters. The van der Waals surface area contributed by atoms with E-state index < -0.39 is 0 Å². The second kappa shape index (κ2) is 9.67. The number of para-hydroxylation sites is 2. The molecule has 26 heavy (non-hydrogen) atoms. The number of imidazole rings is 1. The molecule has 0 saturated heterocycles. The minimum atomic E-state index is -0.258. The maximum Gasteiger partial charge on any atom is 0.237 e. The molecule has 0 spiro atoms. The molecular formula is C20H29N3O2S. The summed E-state index contributed by atoms with van der Waals surface area (Å²) in [6.45, 7) is 11.6. The Hall–Kier alpha value is -1.95. The smallest absolute Gasteiger partial charge is 0.237 e. The first-order valence-electron chi connectivity index (χ1n) is 9.20. The number of rotatable bonds is 9. The van der Waals surface area contributed by atoms with Crippen LogP contribution in [0.1, 0.15) is 45.0 Å². The van der Waals surface area contributed by atoms with Crippen molar-refractivity contribution in [3.05, 3.63) is 35.7 Å². The zero-order chi connectivity index (χ0) is 19.1. The zero-order valence-corrected chi connectivity index (χ0v) is 17.2. The highest BCUT2D eigenvalue weighted by atomic mass is 32.2. The van der Waals surface area contributed by atoms with E-state index in [0.717, 1.165) is 30.2 Å². The average Bonchev–Trinajstić information content (AvgIpc) is 2.88. The lowest BCUT2D eigenvalue weighted by Crippen LogP contribution is -2.23. The maximum atomic E-state index is 12.7. The summed E-state index contributed by atoms with van der Waals surface area (Å²) in [7, 11) is 0. The van der Waals surface area contributed by atoms with E-state index >= 15 is 0 Å². The fourth-order valence-electron chi connectivity index (χ4n) is 2.59. The predicted molar refractivity (Wildman–Crippen MR) is 108 cm³/mol. The molecule has 0 aliphatic carbocycles. The number of amides is 1. The molecule has 6 heteroatoms. The lowest BCUT2D eigenvalue weighted by molar-refractivity contribution is -0.115. The molecule has 1 atom stereocenters. The highest BCUT2D eigenvalue weighted by Crippen LogP contribution is 2.28. The molecule has 0 saturated carbocycles. The van der Waals surface area contributed by atoms with Gasteiger partial charge in [0.25, 0.3) is 0 Å². The van der Waals surface area contributed by atoms with Crippen molar-refractivity contribution in [1.29, 1.82) is 0 Å². The molecule has 0 bridgehead atoms. The van der Waals surface area contributed by atoms with E-state index in [1.807, 2.05) is 45.0 Å². The van der Waals surface area contributed by atoms with Crippen molar-refractivity contribution >= 4 is 23.4 Å². The molecule has 0 radical (unpaired) electrons. The fourth-order valence-corrected chi connectivity index (χ4v) is 3.62. The number of carbonyl (C=O) groups is 1. The number of ether oxygens (including phenoxy) is 1. The molecule has 0 aliphatic rings. The monoisotopic (exact) mass is 375 g/mol. The minimum absolute atomic E-state index is 0.0532. The molecule has 2 aromatic rings. The Morgan fingerprint density at radius 1 is 1.31 bits per heavy atom. The van der Waals surface area contributed by atoms with Crippen LogP contribution in [0.25, 0.3) is 0 Å². The van der Waals surface area contributed by atoms with Gasteiger partial charge in [-0.3, -0.25) is 4.79 Å². The van der Waals surface area contributed by atoms with Gasteiger partial charge >= 0.3 is 0 Å². The first kappa shape index (κ1) is 20.4. The highest BCUT2D eigenvalue weighted by Gasteiger charge is 2.20. The van der Waals surface area contributed by atoms with Crippen molar-refractivity contribution in [1.82, 2.24) is 9.55 Å². The number of nitrogens with one attached hydrogen (secondary N) is 1. The number of hydrogen-bond donors (Lipinski definition) is 1. The third-order valence-electron chi connectivity index (χ3n) is 4.25. The van der Waals surface area contributed by atoms with Gasteiger partial charge in [-0.25, -0.2) is 4.98 Å². The van der Waals surface area contributed by atoms with Gasteiger partial charge < -0.3 is 14.6 Å². The van der Waals surface area contributed by atoms with Crippen molar-refractivity contribution in [2.45, 2.75) is 64.4 Å². The Balaban J connectivity index is 2.09. The second-order valence-corrected chi connectivity index (χ2v) is 7.56. The van der Waals surface area contributed by atoms with Crippen molar-refractivity contribution in [2.75, 3.05) is 11.9 Å². The Morgan fingerprint density at radius 3 is 2.73 bits per heavy atom. The van der Waals surface area contributed by atoms with Crippen LogP contribution in [-0.2, 0) is 11.3 Å². The quantitative estimate of drug-likeness (QED) is 0.639. The van der Waals surface area contributed by atoms with Crippen LogP contribution in [0.3, 0.4) is 0 Å².